The van der Waals surface area contributed by atoms with Crippen LogP contribution in [0.15, 0.2) is 85.1 Å². The van der Waals surface area contributed by atoms with Crippen molar-refractivity contribution in [1.82, 2.24) is 15.6 Å². The van der Waals surface area contributed by atoms with Crippen LogP contribution in [0.4, 0.5) is 0 Å². The van der Waals surface area contributed by atoms with Gasteiger partial charge in [0.05, 0.1) is 5.69 Å². The van der Waals surface area contributed by atoms with Gasteiger partial charge in [-0.2, -0.15) is 0 Å². The van der Waals surface area contributed by atoms with Crippen LogP contribution in [0, 0.1) is 0 Å². The molecule has 2 saturated carbocycles. The number of hydrogen-bond donors (Lipinski definition) is 3. The standard InChI is InChI=1S/C20H18N2O2.C12H23N/c23-19(24)20(16-9-3-1-4-10-16,17-11-5-2-6-12-17)22-15-18-13-7-8-14-21-18;1-3-7-11(8-4-1)13-12-9-5-2-6-10-12/h1-14,22H,15H2,(H,23,24);11-13H,1-10H2. The first-order valence-electron chi connectivity index (χ1n) is 13.9. The topological polar surface area (TPSA) is 74.2 Å². The molecule has 5 nitrogen and oxygen atoms in total. The van der Waals surface area contributed by atoms with Crippen LogP contribution in [-0.4, -0.2) is 28.1 Å². The maximum Gasteiger partial charge on any atom is 0.333 e. The van der Waals surface area contributed by atoms with Crippen LogP contribution < -0.4 is 10.6 Å². The van der Waals surface area contributed by atoms with E-state index in [1.807, 2.05) is 78.9 Å². The number of aliphatic carboxylic acids is 1. The number of hydrogen-bond acceptors (Lipinski definition) is 4. The van der Waals surface area contributed by atoms with Crippen molar-refractivity contribution < 1.29 is 9.90 Å². The number of rotatable bonds is 8. The van der Waals surface area contributed by atoms with Gasteiger partial charge < -0.3 is 10.4 Å². The summed E-state index contributed by atoms with van der Waals surface area (Å²) in [5, 5.41) is 17.2. The SMILES string of the molecule is C1CCC(NC2CCCCC2)CC1.O=C(O)C(NCc1ccccn1)(c1ccccc1)c1ccccc1. The Bertz CT molecular complexity index is 992. The molecule has 1 aromatic heterocycles. The minimum Gasteiger partial charge on any atom is -0.479 e. The van der Waals surface area contributed by atoms with Crippen LogP contribution in [-0.2, 0) is 16.9 Å². The van der Waals surface area contributed by atoms with Crippen molar-refractivity contribution in [1.29, 1.82) is 0 Å². The zero-order chi connectivity index (χ0) is 25.8. The molecular weight excluding hydrogens is 458 g/mol. The Morgan fingerprint density at radius 2 is 1.22 bits per heavy atom. The van der Waals surface area contributed by atoms with E-state index < -0.39 is 11.5 Å². The summed E-state index contributed by atoms with van der Waals surface area (Å²) in [4.78, 5) is 16.6. The number of nitrogens with zero attached hydrogens (tertiary/aromatic N) is 1. The van der Waals surface area contributed by atoms with Gasteiger partial charge >= 0.3 is 5.97 Å². The number of benzene rings is 2. The van der Waals surface area contributed by atoms with E-state index in [0.29, 0.717) is 17.7 Å². The quantitative estimate of drug-likeness (QED) is 0.333. The van der Waals surface area contributed by atoms with E-state index in [1.165, 1.54) is 64.2 Å². The van der Waals surface area contributed by atoms with Crippen LogP contribution in [0.5, 0.6) is 0 Å². The molecule has 196 valence electrons. The van der Waals surface area contributed by atoms with Gasteiger partial charge in [-0.15, -0.1) is 0 Å². The second-order valence-corrected chi connectivity index (χ2v) is 10.3. The fraction of sp³-hybridized carbons (Fsp3) is 0.438. The number of carbonyl (C=O) groups is 1. The molecule has 2 aliphatic rings. The van der Waals surface area contributed by atoms with E-state index in [2.05, 4.69) is 15.6 Å². The lowest BCUT2D eigenvalue weighted by molar-refractivity contribution is -0.143. The molecule has 2 aromatic carbocycles. The minimum absolute atomic E-state index is 0.344. The van der Waals surface area contributed by atoms with Gasteiger partial charge in [0.2, 0.25) is 0 Å². The van der Waals surface area contributed by atoms with Gasteiger partial charge in [-0.1, -0.05) is 105 Å². The second kappa shape index (κ2) is 14.1. The Labute approximate surface area is 221 Å². The fourth-order valence-corrected chi connectivity index (χ4v) is 5.67. The third-order valence-electron chi connectivity index (χ3n) is 7.68. The molecule has 37 heavy (non-hydrogen) atoms. The van der Waals surface area contributed by atoms with E-state index in [4.69, 9.17) is 0 Å². The fourth-order valence-electron chi connectivity index (χ4n) is 5.67. The van der Waals surface area contributed by atoms with Crippen LogP contribution in [0.1, 0.15) is 81.0 Å². The van der Waals surface area contributed by atoms with Crippen LogP contribution >= 0.6 is 0 Å². The second-order valence-electron chi connectivity index (χ2n) is 10.3. The number of pyridine rings is 1. The average molecular weight is 500 g/mol. The van der Waals surface area contributed by atoms with Crippen LogP contribution in [0.3, 0.4) is 0 Å². The van der Waals surface area contributed by atoms with E-state index >= 15 is 0 Å². The molecule has 2 aliphatic carbocycles. The lowest BCUT2D eigenvalue weighted by Gasteiger charge is -2.32. The Kier molecular flexibility index (Phi) is 10.3. The first kappa shape index (κ1) is 27.0. The maximum absolute atomic E-state index is 12.4. The molecular formula is C32H41N3O2. The zero-order valence-corrected chi connectivity index (χ0v) is 21.8. The summed E-state index contributed by atoms with van der Waals surface area (Å²) in [6, 6.07) is 25.8. The van der Waals surface area contributed by atoms with Gasteiger partial charge in [0, 0.05) is 24.8 Å². The first-order valence-corrected chi connectivity index (χ1v) is 13.9. The number of carboxylic acid groups (broad SMARTS) is 1. The minimum atomic E-state index is -1.33. The molecule has 2 fully saturated rings. The van der Waals surface area contributed by atoms with E-state index in [0.717, 1.165) is 17.8 Å². The predicted molar refractivity (Wildman–Crippen MR) is 149 cm³/mol. The van der Waals surface area contributed by atoms with Crippen molar-refractivity contribution in [3.8, 4) is 0 Å². The van der Waals surface area contributed by atoms with E-state index in [9.17, 15) is 9.90 Å². The molecule has 3 N–H and O–H groups in total. The molecule has 0 radical (unpaired) electrons. The molecule has 0 spiro atoms. The zero-order valence-electron chi connectivity index (χ0n) is 21.8. The van der Waals surface area contributed by atoms with Gasteiger partial charge in [-0.3, -0.25) is 10.3 Å². The van der Waals surface area contributed by atoms with Crippen molar-refractivity contribution in [3.05, 3.63) is 102 Å². The van der Waals surface area contributed by atoms with Crippen molar-refractivity contribution in [3.63, 3.8) is 0 Å². The molecule has 3 aromatic rings. The number of aromatic nitrogens is 1. The predicted octanol–water partition coefficient (Wildman–Crippen LogP) is 6.44. The molecule has 0 bridgehead atoms. The van der Waals surface area contributed by atoms with Crippen molar-refractivity contribution in [2.24, 2.45) is 0 Å². The summed E-state index contributed by atoms with van der Waals surface area (Å²) in [6.07, 6.45) is 16.3. The Hall–Kier alpha value is -3.02. The summed E-state index contributed by atoms with van der Waals surface area (Å²) in [6.45, 7) is 0.344. The lowest BCUT2D eigenvalue weighted by Crippen LogP contribution is -2.50. The largest absolute Gasteiger partial charge is 0.479 e. The van der Waals surface area contributed by atoms with E-state index in [-0.39, 0.29) is 0 Å². The summed E-state index contributed by atoms with van der Waals surface area (Å²) in [5.74, 6) is -0.948. The Morgan fingerprint density at radius 1 is 0.730 bits per heavy atom. The third-order valence-corrected chi connectivity index (χ3v) is 7.68. The maximum atomic E-state index is 12.4. The summed E-state index contributed by atoms with van der Waals surface area (Å²) >= 11 is 0. The summed E-state index contributed by atoms with van der Waals surface area (Å²) in [7, 11) is 0. The van der Waals surface area contributed by atoms with Gasteiger partial charge in [0.1, 0.15) is 0 Å². The molecule has 5 heteroatoms. The summed E-state index contributed by atoms with van der Waals surface area (Å²) in [5.41, 5.74) is 0.814. The summed E-state index contributed by atoms with van der Waals surface area (Å²) < 4.78 is 0. The van der Waals surface area contributed by atoms with Gasteiger partial charge in [0.15, 0.2) is 5.54 Å². The number of nitrogens with one attached hydrogen (secondary N) is 2. The highest BCUT2D eigenvalue weighted by Gasteiger charge is 2.41. The van der Waals surface area contributed by atoms with Crippen molar-refractivity contribution in [2.75, 3.05) is 0 Å². The Balaban J connectivity index is 0.000000207. The highest BCUT2D eigenvalue weighted by molar-refractivity contribution is 5.85. The first-order chi connectivity index (χ1) is 18.2. The van der Waals surface area contributed by atoms with Crippen LogP contribution in [0.25, 0.3) is 0 Å². The lowest BCUT2D eigenvalue weighted by atomic mass is 9.82. The monoisotopic (exact) mass is 499 g/mol. The molecule has 1 heterocycles. The van der Waals surface area contributed by atoms with Gasteiger partial charge in [-0.05, 0) is 48.9 Å². The average Bonchev–Trinajstić information content (AvgIpc) is 2.96. The van der Waals surface area contributed by atoms with Crippen molar-refractivity contribution >= 4 is 5.97 Å². The highest BCUT2D eigenvalue weighted by atomic mass is 16.4. The third kappa shape index (κ3) is 7.50. The molecule has 0 amide bonds. The Morgan fingerprint density at radius 3 is 1.65 bits per heavy atom. The number of carboxylic acids is 1. The van der Waals surface area contributed by atoms with Crippen molar-refractivity contribution in [2.45, 2.75) is 88.4 Å². The molecule has 0 atom stereocenters. The van der Waals surface area contributed by atoms with Crippen LogP contribution in [0.2, 0.25) is 0 Å². The molecule has 0 aliphatic heterocycles. The van der Waals surface area contributed by atoms with E-state index in [1.54, 1.807) is 6.20 Å². The molecule has 5 rings (SSSR count). The smallest absolute Gasteiger partial charge is 0.333 e. The van der Waals surface area contributed by atoms with Gasteiger partial charge in [0.25, 0.3) is 0 Å². The molecule has 0 unspecified atom stereocenters. The van der Waals surface area contributed by atoms with Gasteiger partial charge in [-0.25, -0.2) is 4.79 Å². The molecule has 0 saturated heterocycles. The normalized spacial score (nSPS) is 17.0. The highest BCUT2D eigenvalue weighted by Crippen LogP contribution is 2.30.